The first kappa shape index (κ1) is 16.2. The van der Waals surface area contributed by atoms with Crippen molar-refractivity contribution in [3.05, 3.63) is 27.4 Å². The maximum absolute atomic E-state index is 13.3. The Hall–Kier alpha value is -1.14. The van der Waals surface area contributed by atoms with E-state index in [1.807, 2.05) is 13.8 Å². The fraction of sp³-hybridized carbons (Fsp3) is 0.429. The third-order valence-corrected chi connectivity index (χ3v) is 4.22. The Kier molecular flexibility index (Phi) is 4.88. The number of nitrogens with one attached hydrogen (secondary N) is 1. The monoisotopic (exact) mass is 376 g/mol. The molecule has 114 valence electrons. The lowest BCUT2D eigenvalue weighted by molar-refractivity contribution is -0.126. The Bertz CT molecular complexity index is 571. The molecule has 0 bridgehead atoms. The zero-order valence-corrected chi connectivity index (χ0v) is 14.0. The summed E-state index contributed by atoms with van der Waals surface area (Å²) in [5.41, 5.74) is 0.394. The third kappa shape index (κ3) is 3.37. The summed E-state index contributed by atoms with van der Waals surface area (Å²) in [5.74, 6) is -0.975. The van der Waals surface area contributed by atoms with E-state index < -0.39 is 11.9 Å². The van der Waals surface area contributed by atoms with Crippen molar-refractivity contribution in [2.75, 3.05) is 11.4 Å². The Morgan fingerprint density at radius 2 is 2.10 bits per heavy atom. The largest absolute Gasteiger partial charge is 0.344 e. The molecule has 1 aromatic rings. The van der Waals surface area contributed by atoms with Crippen molar-refractivity contribution in [1.82, 2.24) is 5.32 Å². The Morgan fingerprint density at radius 3 is 2.67 bits per heavy atom. The van der Waals surface area contributed by atoms with Gasteiger partial charge in [0.25, 0.3) is 0 Å². The van der Waals surface area contributed by atoms with Crippen LogP contribution in [0.5, 0.6) is 0 Å². The zero-order valence-electron chi connectivity index (χ0n) is 11.6. The number of halogens is 3. The normalized spacial score (nSPS) is 19.7. The quantitative estimate of drug-likeness (QED) is 0.861. The van der Waals surface area contributed by atoms with Gasteiger partial charge in [0.2, 0.25) is 11.8 Å². The van der Waals surface area contributed by atoms with Crippen LogP contribution in [0, 0.1) is 11.7 Å². The van der Waals surface area contributed by atoms with Crippen LogP contribution in [0.2, 0.25) is 5.02 Å². The van der Waals surface area contributed by atoms with Gasteiger partial charge in [-0.3, -0.25) is 9.59 Å². The summed E-state index contributed by atoms with van der Waals surface area (Å²) >= 11 is 9.32. The van der Waals surface area contributed by atoms with Crippen LogP contribution in [-0.2, 0) is 9.59 Å². The van der Waals surface area contributed by atoms with Crippen molar-refractivity contribution in [3.8, 4) is 0 Å². The molecule has 21 heavy (non-hydrogen) atoms. The molecule has 2 rings (SSSR count). The summed E-state index contributed by atoms with van der Waals surface area (Å²) in [4.78, 5) is 25.8. The Morgan fingerprint density at radius 1 is 1.43 bits per heavy atom. The van der Waals surface area contributed by atoms with E-state index in [2.05, 4.69) is 21.2 Å². The predicted molar refractivity (Wildman–Crippen MR) is 82.8 cm³/mol. The van der Waals surface area contributed by atoms with Crippen LogP contribution in [0.3, 0.4) is 0 Å². The second-order valence-electron chi connectivity index (χ2n) is 5.25. The van der Waals surface area contributed by atoms with Crippen LogP contribution < -0.4 is 10.2 Å². The van der Waals surface area contributed by atoms with Crippen molar-refractivity contribution >= 4 is 45.0 Å². The van der Waals surface area contributed by atoms with Crippen LogP contribution >= 0.6 is 27.5 Å². The fourth-order valence-electron chi connectivity index (χ4n) is 2.27. The van der Waals surface area contributed by atoms with Gasteiger partial charge in [-0.15, -0.1) is 0 Å². The van der Waals surface area contributed by atoms with Gasteiger partial charge in [-0.05, 0) is 34.0 Å². The second kappa shape index (κ2) is 6.32. The summed E-state index contributed by atoms with van der Waals surface area (Å²) in [6, 6.07) is 1.78. The average molecular weight is 378 g/mol. The smallest absolute Gasteiger partial charge is 0.249 e. The highest BCUT2D eigenvalue weighted by Gasteiger charge is 2.34. The van der Waals surface area contributed by atoms with Gasteiger partial charge in [0.15, 0.2) is 0 Å². The third-order valence-electron chi connectivity index (χ3n) is 3.33. The van der Waals surface area contributed by atoms with Gasteiger partial charge in [-0.2, -0.15) is 0 Å². The minimum absolute atomic E-state index is 0.0555. The highest BCUT2D eigenvalue weighted by Crippen LogP contribution is 2.36. The molecule has 0 spiro atoms. The lowest BCUT2D eigenvalue weighted by Crippen LogP contribution is -2.48. The van der Waals surface area contributed by atoms with E-state index in [-0.39, 0.29) is 35.7 Å². The number of amides is 2. The first-order valence-electron chi connectivity index (χ1n) is 6.56. The lowest BCUT2D eigenvalue weighted by atomic mass is 10.0. The van der Waals surface area contributed by atoms with Gasteiger partial charge >= 0.3 is 0 Å². The fourth-order valence-corrected chi connectivity index (χ4v) is 3.33. The van der Waals surface area contributed by atoms with Crippen LogP contribution in [0.15, 0.2) is 16.6 Å². The van der Waals surface area contributed by atoms with Gasteiger partial charge in [0.1, 0.15) is 11.9 Å². The number of carbonyl (C=O) groups is 2. The van der Waals surface area contributed by atoms with E-state index in [4.69, 9.17) is 11.6 Å². The SMILES string of the molecule is CC(C)C1NC(=O)CCN(c2c(Cl)cc(F)cc2Br)C1=O. The van der Waals surface area contributed by atoms with Crippen molar-refractivity contribution in [3.63, 3.8) is 0 Å². The van der Waals surface area contributed by atoms with Crippen molar-refractivity contribution < 1.29 is 14.0 Å². The van der Waals surface area contributed by atoms with E-state index in [1.165, 1.54) is 11.0 Å². The van der Waals surface area contributed by atoms with Crippen LogP contribution in [0.25, 0.3) is 0 Å². The number of hydrogen-bond donors (Lipinski definition) is 1. The maximum Gasteiger partial charge on any atom is 0.249 e. The Labute approximate surface area is 135 Å². The molecule has 1 atom stereocenters. The molecule has 1 saturated heterocycles. The van der Waals surface area contributed by atoms with Crippen LogP contribution in [0.1, 0.15) is 20.3 Å². The number of nitrogens with zero attached hydrogens (tertiary/aromatic N) is 1. The van der Waals surface area contributed by atoms with Gasteiger partial charge < -0.3 is 10.2 Å². The molecule has 1 N–H and O–H groups in total. The van der Waals surface area contributed by atoms with Gasteiger partial charge in [0.05, 0.1) is 10.7 Å². The highest BCUT2D eigenvalue weighted by molar-refractivity contribution is 9.10. The molecule has 0 aliphatic carbocycles. The van der Waals surface area contributed by atoms with Gasteiger partial charge in [-0.25, -0.2) is 4.39 Å². The van der Waals surface area contributed by atoms with Crippen LogP contribution in [-0.4, -0.2) is 24.4 Å². The van der Waals surface area contributed by atoms with Crippen LogP contribution in [0.4, 0.5) is 10.1 Å². The zero-order chi connectivity index (χ0) is 15.7. The van der Waals surface area contributed by atoms with E-state index in [9.17, 15) is 14.0 Å². The van der Waals surface area contributed by atoms with E-state index >= 15 is 0 Å². The molecule has 1 fully saturated rings. The van der Waals surface area contributed by atoms with Crippen molar-refractivity contribution in [1.29, 1.82) is 0 Å². The molecule has 2 amide bonds. The summed E-state index contributed by atoms with van der Waals surface area (Å²) in [6.07, 6.45) is 0.176. The molecule has 1 unspecified atom stereocenters. The molecule has 1 aliphatic heterocycles. The van der Waals surface area contributed by atoms with E-state index in [0.717, 1.165) is 6.07 Å². The molecular weight excluding hydrogens is 363 g/mol. The topological polar surface area (TPSA) is 49.4 Å². The molecular formula is C14H15BrClFN2O2. The molecule has 1 aliphatic rings. The highest BCUT2D eigenvalue weighted by atomic mass is 79.9. The van der Waals surface area contributed by atoms with Gasteiger partial charge in [-0.1, -0.05) is 25.4 Å². The number of rotatable bonds is 2. The molecule has 1 aromatic carbocycles. The molecule has 0 aromatic heterocycles. The molecule has 0 radical (unpaired) electrons. The summed E-state index contributed by atoms with van der Waals surface area (Å²) in [6.45, 7) is 3.92. The number of hydrogen-bond acceptors (Lipinski definition) is 2. The minimum Gasteiger partial charge on any atom is -0.344 e. The average Bonchev–Trinajstić information content (AvgIpc) is 2.50. The number of anilines is 1. The Balaban J connectivity index is 2.47. The van der Waals surface area contributed by atoms with E-state index in [0.29, 0.717) is 10.2 Å². The molecule has 4 nitrogen and oxygen atoms in total. The summed E-state index contributed by atoms with van der Waals surface area (Å²) < 4.78 is 13.7. The summed E-state index contributed by atoms with van der Waals surface area (Å²) in [5, 5.41) is 2.85. The molecule has 7 heteroatoms. The number of benzene rings is 1. The standard InChI is InChI=1S/C14H15BrClFN2O2/c1-7(2)12-14(21)19(4-3-11(20)18-12)13-9(15)5-8(17)6-10(13)16/h5-7,12H,3-4H2,1-2H3,(H,18,20). The first-order valence-corrected chi connectivity index (χ1v) is 7.73. The van der Waals surface area contributed by atoms with Crippen molar-refractivity contribution in [2.24, 2.45) is 5.92 Å². The molecule has 0 saturated carbocycles. The van der Waals surface area contributed by atoms with E-state index in [1.54, 1.807) is 0 Å². The number of carbonyl (C=O) groups excluding carboxylic acids is 2. The van der Waals surface area contributed by atoms with Gasteiger partial charge in [0, 0.05) is 17.4 Å². The van der Waals surface area contributed by atoms with Crippen molar-refractivity contribution in [2.45, 2.75) is 26.3 Å². The molecule has 1 heterocycles. The summed E-state index contributed by atoms with van der Waals surface area (Å²) in [7, 11) is 0. The maximum atomic E-state index is 13.3. The first-order chi connectivity index (χ1) is 9.81. The lowest BCUT2D eigenvalue weighted by Gasteiger charge is -2.27. The second-order valence-corrected chi connectivity index (χ2v) is 6.51. The predicted octanol–water partition coefficient (Wildman–Crippen LogP) is 3.12. The minimum atomic E-state index is -0.618.